The first-order chi connectivity index (χ1) is 20.4. The van der Waals surface area contributed by atoms with Crippen molar-refractivity contribution in [3.8, 4) is 11.5 Å². The van der Waals surface area contributed by atoms with Crippen molar-refractivity contribution in [2.24, 2.45) is 0 Å². The van der Waals surface area contributed by atoms with Gasteiger partial charge in [-0.05, 0) is 55.9 Å². The van der Waals surface area contributed by atoms with Crippen molar-refractivity contribution in [1.29, 1.82) is 0 Å². The fourth-order valence-corrected chi connectivity index (χ4v) is 4.77. The summed E-state index contributed by atoms with van der Waals surface area (Å²) >= 11 is 0. The van der Waals surface area contributed by atoms with E-state index in [0.29, 0.717) is 41.1 Å². The first kappa shape index (κ1) is 28.7. The predicted octanol–water partition coefficient (Wildman–Crippen LogP) is 5.35. The van der Waals surface area contributed by atoms with E-state index in [-0.39, 0.29) is 6.03 Å². The number of methoxy groups -OCH3 is 2. The number of nitrogens with one attached hydrogen (secondary N) is 2. The number of rotatable bonds is 9. The molecule has 1 aromatic heterocycles. The van der Waals surface area contributed by atoms with Crippen LogP contribution in [0.25, 0.3) is 0 Å². The van der Waals surface area contributed by atoms with E-state index in [4.69, 9.17) is 9.47 Å². The number of carbonyl (C=O) groups excluding carboxylic acids is 1. The van der Waals surface area contributed by atoms with Crippen LogP contribution in [0.5, 0.6) is 11.5 Å². The van der Waals surface area contributed by atoms with Crippen molar-refractivity contribution in [2.75, 3.05) is 62.6 Å². The molecule has 10 heteroatoms. The van der Waals surface area contributed by atoms with Gasteiger partial charge in [0.05, 0.1) is 25.6 Å². The van der Waals surface area contributed by atoms with Gasteiger partial charge in [0.1, 0.15) is 29.5 Å². The number of amides is 2. The number of ether oxygens (including phenoxy) is 2. The molecule has 5 rings (SSSR count). The summed E-state index contributed by atoms with van der Waals surface area (Å²) in [5.74, 6) is 2.21. The Kier molecular flexibility index (Phi) is 9.03. The van der Waals surface area contributed by atoms with E-state index in [9.17, 15) is 4.79 Å². The van der Waals surface area contributed by atoms with Crippen molar-refractivity contribution in [3.05, 3.63) is 90.3 Å². The number of hydrogen-bond acceptors (Lipinski definition) is 8. The van der Waals surface area contributed by atoms with Gasteiger partial charge in [-0.3, -0.25) is 0 Å². The lowest BCUT2D eigenvalue weighted by atomic mass is 10.1. The minimum atomic E-state index is -0.297. The molecule has 0 unspecified atom stereocenters. The Morgan fingerprint density at radius 3 is 2.33 bits per heavy atom. The molecule has 2 N–H and O–H groups in total. The number of hydrogen-bond donors (Lipinski definition) is 2. The van der Waals surface area contributed by atoms with Crippen LogP contribution >= 0.6 is 0 Å². The maximum absolute atomic E-state index is 13.7. The van der Waals surface area contributed by atoms with Gasteiger partial charge in [0, 0.05) is 50.5 Å². The van der Waals surface area contributed by atoms with Crippen LogP contribution in [-0.4, -0.2) is 68.3 Å². The van der Waals surface area contributed by atoms with Crippen LogP contribution in [0.3, 0.4) is 0 Å². The Bertz CT molecular complexity index is 1490. The highest BCUT2D eigenvalue weighted by Crippen LogP contribution is 2.33. The molecule has 218 valence electrons. The summed E-state index contributed by atoms with van der Waals surface area (Å²) < 4.78 is 10.8. The average molecular weight is 568 g/mol. The normalized spacial score (nSPS) is 13.4. The molecule has 0 aliphatic carbocycles. The molecule has 1 fully saturated rings. The Labute approximate surface area is 246 Å². The lowest BCUT2D eigenvalue weighted by Gasteiger charge is -2.34. The summed E-state index contributed by atoms with van der Waals surface area (Å²) in [6.45, 7) is 6.39. The first-order valence-electron chi connectivity index (χ1n) is 13.9. The molecule has 2 amide bonds. The zero-order valence-electron chi connectivity index (χ0n) is 24.5. The van der Waals surface area contributed by atoms with Gasteiger partial charge in [-0.2, -0.15) is 0 Å². The molecule has 0 atom stereocenters. The zero-order valence-corrected chi connectivity index (χ0v) is 24.5. The second-order valence-electron chi connectivity index (χ2n) is 10.2. The standard InChI is InChI=1S/C32H37N7O3/c1-23-5-7-24(8-6-23)21-33-32(40)39(26-11-9-25(10-12-26)38-17-15-37(2)16-18-38)31-20-30(34-22-35-31)36-28-14-13-27(41-3)19-29(28)42-4/h5-14,19-20,22H,15-18,21H2,1-4H3,(H,33,40)(H,34,35,36). The maximum atomic E-state index is 13.7. The molecule has 0 bridgehead atoms. The molecule has 1 saturated heterocycles. The third-order valence-electron chi connectivity index (χ3n) is 7.30. The van der Waals surface area contributed by atoms with Crippen LogP contribution in [0.15, 0.2) is 79.1 Å². The molecule has 0 radical (unpaired) electrons. The second kappa shape index (κ2) is 13.2. The summed E-state index contributed by atoms with van der Waals surface area (Å²) in [6.07, 6.45) is 1.44. The molecule has 1 aliphatic rings. The summed E-state index contributed by atoms with van der Waals surface area (Å²) in [4.78, 5) is 28.9. The van der Waals surface area contributed by atoms with Gasteiger partial charge in [0.2, 0.25) is 0 Å². The van der Waals surface area contributed by atoms with Gasteiger partial charge in [0.25, 0.3) is 0 Å². The molecule has 3 aromatic carbocycles. The third kappa shape index (κ3) is 6.90. The number of benzene rings is 3. The molecular weight excluding hydrogens is 530 g/mol. The lowest BCUT2D eigenvalue weighted by molar-refractivity contribution is 0.248. The van der Waals surface area contributed by atoms with Gasteiger partial charge in [0.15, 0.2) is 0 Å². The highest BCUT2D eigenvalue weighted by molar-refractivity contribution is 5.99. The average Bonchev–Trinajstić information content (AvgIpc) is 3.02. The second-order valence-corrected chi connectivity index (χ2v) is 10.2. The molecule has 4 aromatic rings. The van der Waals surface area contributed by atoms with Crippen LogP contribution in [-0.2, 0) is 6.54 Å². The number of aryl methyl sites for hydroxylation is 1. The van der Waals surface area contributed by atoms with Crippen LogP contribution in [0.1, 0.15) is 11.1 Å². The van der Waals surface area contributed by atoms with Crippen molar-refractivity contribution < 1.29 is 14.3 Å². The lowest BCUT2D eigenvalue weighted by Crippen LogP contribution is -2.44. The Hall–Kier alpha value is -4.83. The first-order valence-corrected chi connectivity index (χ1v) is 13.9. The Morgan fingerprint density at radius 2 is 1.64 bits per heavy atom. The van der Waals surface area contributed by atoms with E-state index in [1.165, 1.54) is 11.9 Å². The zero-order chi connectivity index (χ0) is 29.5. The number of nitrogens with zero attached hydrogens (tertiary/aromatic N) is 5. The summed E-state index contributed by atoms with van der Waals surface area (Å²) in [6, 6.07) is 23.0. The number of carbonyl (C=O) groups is 1. The summed E-state index contributed by atoms with van der Waals surface area (Å²) in [5, 5.41) is 6.33. The topological polar surface area (TPSA) is 95.1 Å². The van der Waals surface area contributed by atoms with E-state index >= 15 is 0 Å². The quantitative estimate of drug-likeness (QED) is 0.280. The fraction of sp³-hybridized carbons (Fsp3) is 0.281. The SMILES string of the molecule is COc1ccc(Nc2cc(N(C(=O)NCc3ccc(C)cc3)c3ccc(N4CCN(C)CC4)cc3)ncn2)c(OC)c1. The Balaban J connectivity index is 1.42. The molecule has 2 heterocycles. The summed E-state index contributed by atoms with van der Waals surface area (Å²) in [5.41, 5.74) is 4.71. The van der Waals surface area contributed by atoms with Crippen molar-refractivity contribution >= 4 is 34.7 Å². The molecule has 10 nitrogen and oxygen atoms in total. The van der Waals surface area contributed by atoms with Gasteiger partial charge in [-0.1, -0.05) is 29.8 Å². The number of piperazine rings is 1. The van der Waals surface area contributed by atoms with Crippen molar-refractivity contribution in [3.63, 3.8) is 0 Å². The number of aromatic nitrogens is 2. The van der Waals surface area contributed by atoms with Crippen LogP contribution in [0, 0.1) is 6.92 Å². The van der Waals surface area contributed by atoms with E-state index in [1.807, 2.05) is 55.5 Å². The van der Waals surface area contributed by atoms with Crippen LogP contribution < -0.4 is 29.9 Å². The monoisotopic (exact) mass is 567 g/mol. The molecular formula is C32H37N7O3. The maximum Gasteiger partial charge on any atom is 0.327 e. The minimum absolute atomic E-state index is 0.297. The molecule has 0 saturated carbocycles. The highest BCUT2D eigenvalue weighted by Gasteiger charge is 2.22. The summed E-state index contributed by atoms with van der Waals surface area (Å²) in [7, 11) is 5.34. The molecule has 0 spiro atoms. The number of likely N-dealkylation sites (N-methyl/N-ethyl adjacent to an activating group) is 1. The van der Waals surface area contributed by atoms with E-state index in [2.05, 4.69) is 49.6 Å². The number of urea groups is 1. The largest absolute Gasteiger partial charge is 0.497 e. The van der Waals surface area contributed by atoms with Crippen molar-refractivity contribution in [1.82, 2.24) is 20.2 Å². The fourth-order valence-electron chi connectivity index (χ4n) is 4.77. The van der Waals surface area contributed by atoms with Gasteiger partial charge in [-0.15, -0.1) is 0 Å². The van der Waals surface area contributed by atoms with Crippen LogP contribution in [0.4, 0.5) is 33.5 Å². The van der Waals surface area contributed by atoms with Gasteiger partial charge >= 0.3 is 6.03 Å². The van der Waals surface area contributed by atoms with E-state index < -0.39 is 0 Å². The van der Waals surface area contributed by atoms with Crippen LogP contribution in [0.2, 0.25) is 0 Å². The van der Waals surface area contributed by atoms with E-state index in [1.54, 1.807) is 31.3 Å². The predicted molar refractivity (Wildman–Crippen MR) is 167 cm³/mol. The van der Waals surface area contributed by atoms with E-state index in [0.717, 1.165) is 37.4 Å². The Morgan fingerprint density at radius 1 is 0.905 bits per heavy atom. The highest BCUT2D eigenvalue weighted by atomic mass is 16.5. The third-order valence-corrected chi connectivity index (χ3v) is 7.30. The van der Waals surface area contributed by atoms with Gasteiger partial charge in [-0.25, -0.2) is 19.7 Å². The smallest absolute Gasteiger partial charge is 0.327 e. The molecule has 1 aliphatic heterocycles. The number of anilines is 5. The van der Waals surface area contributed by atoms with Crippen molar-refractivity contribution in [2.45, 2.75) is 13.5 Å². The van der Waals surface area contributed by atoms with Gasteiger partial charge < -0.3 is 29.9 Å². The molecule has 42 heavy (non-hydrogen) atoms. The minimum Gasteiger partial charge on any atom is -0.497 e.